The summed E-state index contributed by atoms with van der Waals surface area (Å²) in [6.45, 7) is 0. The molecule has 0 bridgehead atoms. The van der Waals surface area contributed by atoms with Gasteiger partial charge in [-0.3, -0.25) is 4.79 Å². The van der Waals surface area contributed by atoms with Crippen LogP contribution >= 0.6 is 50.7 Å². The van der Waals surface area contributed by atoms with E-state index in [9.17, 15) is 4.79 Å². The van der Waals surface area contributed by atoms with Crippen molar-refractivity contribution < 1.29 is 4.79 Å². The van der Waals surface area contributed by atoms with Gasteiger partial charge in [0, 0.05) is 4.47 Å². The summed E-state index contributed by atoms with van der Waals surface area (Å²) in [6, 6.07) is 3.11. The lowest BCUT2D eigenvalue weighted by Gasteiger charge is -2.01. The fourth-order valence-electron chi connectivity index (χ4n) is 0.699. The molecule has 1 rings (SSSR count). The molecule has 1 aromatic rings. The number of hydrogen-bond acceptors (Lipinski definition) is 1. The monoisotopic (exact) mass is 286 g/mol. The molecule has 0 saturated heterocycles. The molecule has 1 nitrogen and oxygen atoms in total. The quantitative estimate of drug-likeness (QED) is 0.561. The number of rotatable bonds is 1. The van der Waals surface area contributed by atoms with E-state index in [1.54, 1.807) is 6.07 Å². The maximum atomic E-state index is 10.8. The van der Waals surface area contributed by atoms with Crippen LogP contribution < -0.4 is 0 Å². The van der Waals surface area contributed by atoms with Gasteiger partial charge in [-0.2, -0.15) is 0 Å². The molecule has 0 aliphatic heterocycles. The summed E-state index contributed by atoms with van der Waals surface area (Å²) in [5, 5.41) is -0.141. The van der Waals surface area contributed by atoms with Crippen LogP contribution in [-0.2, 0) is 0 Å². The molecule has 0 aromatic heterocycles. The molecular formula is C7H2BrCl3O. The highest BCUT2D eigenvalue weighted by Crippen LogP contribution is 2.30. The summed E-state index contributed by atoms with van der Waals surface area (Å²) in [4.78, 5) is 10.8. The van der Waals surface area contributed by atoms with Crippen molar-refractivity contribution in [3.63, 3.8) is 0 Å². The van der Waals surface area contributed by atoms with Gasteiger partial charge in [0.2, 0.25) is 0 Å². The number of hydrogen-bond donors (Lipinski definition) is 0. The van der Waals surface area contributed by atoms with Gasteiger partial charge in [0.15, 0.2) is 0 Å². The van der Waals surface area contributed by atoms with E-state index in [4.69, 9.17) is 34.8 Å². The molecule has 1 aromatic carbocycles. The molecule has 0 heterocycles. The SMILES string of the molecule is O=C(Cl)c1cc(Br)cc(Cl)c1Cl. The molecule has 0 amide bonds. The molecule has 0 aliphatic rings. The van der Waals surface area contributed by atoms with Gasteiger partial charge in [-0.15, -0.1) is 0 Å². The van der Waals surface area contributed by atoms with E-state index in [2.05, 4.69) is 15.9 Å². The van der Waals surface area contributed by atoms with Crippen LogP contribution in [0.1, 0.15) is 10.4 Å². The van der Waals surface area contributed by atoms with Crippen LogP contribution in [0.4, 0.5) is 0 Å². The third-order valence-electron chi connectivity index (χ3n) is 1.20. The topological polar surface area (TPSA) is 17.1 Å². The first kappa shape index (κ1) is 10.3. The highest BCUT2D eigenvalue weighted by atomic mass is 79.9. The maximum Gasteiger partial charge on any atom is 0.253 e. The van der Waals surface area contributed by atoms with Gasteiger partial charge in [0.25, 0.3) is 5.24 Å². The molecule has 0 aliphatic carbocycles. The number of carbonyl (C=O) groups is 1. The van der Waals surface area contributed by atoms with Crippen LogP contribution in [0.2, 0.25) is 10.0 Å². The van der Waals surface area contributed by atoms with Crippen LogP contribution in [0, 0.1) is 0 Å². The second kappa shape index (κ2) is 3.97. The molecule has 0 radical (unpaired) electrons. The highest BCUT2D eigenvalue weighted by Gasteiger charge is 2.11. The summed E-state index contributed by atoms with van der Waals surface area (Å²) in [5.41, 5.74) is 0.206. The molecule has 0 unspecified atom stereocenters. The smallest absolute Gasteiger partial charge is 0.253 e. The van der Waals surface area contributed by atoms with Crippen molar-refractivity contribution in [1.82, 2.24) is 0 Å². The van der Waals surface area contributed by atoms with Crippen LogP contribution in [0.5, 0.6) is 0 Å². The Labute approximate surface area is 92.7 Å². The summed E-state index contributed by atoms with van der Waals surface area (Å²) in [6.07, 6.45) is 0. The molecular weight excluding hydrogens is 286 g/mol. The predicted octanol–water partition coefficient (Wildman–Crippen LogP) is 4.13. The van der Waals surface area contributed by atoms with E-state index in [0.717, 1.165) is 0 Å². The lowest BCUT2D eigenvalue weighted by Crippen LogP contribution is -1.90. The minimum atomic E-state index is -0.622. The van der Waals surface area contributed by atoms with E-state index in [1.165, 1.54) is 6.07 Å². The molecule has 0 fully saturated rings. The zero-order chi connectivity index (χ0) is 9.30. The number of carbonyl (C=O) groups excluding carboxylic acids is 1. The fraction of sp³-hybridized carbons (Fsp3) is 0. The standard InChI is InChI=1S/C7H2BrCl3O/c8-3-1-4(7(11)12)6(10)5(9)2-3/h1-2H. The van der Waals surface area contributed by atoms with Crippen molar-refractivity contribution in [2.75, 3.05) is 0 Å². The lowest BCUT2D eigenvalue weighted by atomic mass is 10.2. The van der Waals surface area contributed by atoms with E-state index >= 15 is 0 Å². The first-order valence-electron chi connectivity index (χ1n) is 2.86. The second-order valence-electron chi connectivity index (χ2n) is 2.02. The molecule has 0 N–H and O–H groups in total. The Morgan fingerprint density at radius 3 is 2.42 bits per heavy atom. The Bertz CT molecular complexity index is 338. The zero-order valence-electron chi connectivity index (χ0n) is 5.57. The van der Waals surface area contributed by atoms with Crippen LogP contribution in [-0.4, -0.2) is 5.24 Å². The van der Waals surface area contributed by atoms with Crippen molar-refractivity contribution in [3.8, 4) is 0 Å². The third-order valence-corrected chi connectivity index (χ3v) is 2.67. The highest BCUT2D eigenvalue weighted by molar-refractivity contribution is 9.10. The van der Waals surface area contributed by atoms with Gasteiger partial charge in [0.1, 0.15) is 0 Å². The van der Waals surface area contributed by atoms with Gasteiger partial charge in [-0.05, 0) is 23.7 Å². The summed E-state index contributed by atoms with van der Waals surface area (Å²) < 4.78 is 0.668. The van der Waals surface area contributed by atoms with Crippen LogP contribution in [0.15, 0.2) is 16.6 Å². The van der Waals surface area contributed by atoms with Crippen molar-refractivity contribution in [2.24, 2.45) is 0 Å². The third kappa shape index (κ3) is 2.13. The Kier molecular flexibility index (Phi) is 3.41. The Balaban J connectivity index is 3.37. The minimum absolute atomic E-state index is 0.180. The average Bonchev–Trinajstić information content (AvgIpc) is 1.96. The average molecular weight is 288 g/mol. The number of benzene rings is 1. The van der Waals surface area contributed by atoms with E-state index < -0.39 is 5.24 Å². The fourth-order valence-corrected chi connectivity index (χ4v) is 1.90. The van der Waals surface area contributed by atoms with Crippen LogP contribution in [0.3, 0.4) is 0 Å². The molecule has 0 spiro atoms. The summed E-state index contributed by atoms with van der Waals surface area (Å²) >= 11 is 19.8. The van der Waals surface area contributed by atoms with Gasteiger partial charge in [0.05, 0.1) is 15.6 Å². The second-order valence-corrected chi connectivity index (χ2v) is 4.07. The van der Waals surface area contributed by atoms with Crippen molar-refractivity contribution in [3.05, 3.63) is 32.2 Å². The Hall–Kier alpha value is 0.240. The predicted molar refractivity (Wildman–Crippen MR) is 54.3 cm³/mol. The molecule has 12 heavy (non-hydrogen) atoms. The Morgan fingerprint density at radius 2 is 1.92 bits per heavy atom. The lowest BCUT2D eigenvalue weighted by molar-refractivity contribution is 0.108. The molecule has 64 valence electrons. The normalized spacial score (nSPS) is 10.0. The van der Waals surface area contributed by atoms with Crippen molar-refractivity contribution >= 4 is 56.0 Å². The largest absolute Gasteiger partial charge is 0.276 e. The molecule has 0 atom stereocenters. The zero-order valence-corrected chi connectivity index (χ0v) is 9.43. The first-order chi connectivity index (χ1) is 5.52. The van der Waals surface area contributed by atoms with Gasteiger partial charge in [-0.25, -0.2) is 0 Å². The number of halogens is 4. The van der Waals surface area contributed by atoms with Crippen LogP contribution in [0.25, 0.3) is 0 Å². The summed E-state index contributed by atoms with van der Waals surface area (Å²) in [7, 11) is 0. The van der Waals surface area contributed by atoms with Gasteiger partial charge < -0.3 is 0 Å². The molecule has 0 saturated carbocycles. The van der Waals surface area contributed by atoms with Crippen molar-refractivity contribution in [1.29, 1.82) is 0 Å². The van der Waals surface area contributed by atoms with E-state index in [-0.39, 0.29) is 10.6 Å². The van der Waals surface area contributed by atoms with Gasteiger partial charge in [-0.1, -0.05) is 39.1 Å². The van der Waals surface area contributed by atoms with Crippen molar-refractivity contribution in [2.45, 2.75) is 0 Å². The van der Waals surface area contributed by atoms with E-state index in [1.807, 2.05) is 0 Å². The summed E-state index contributed by atoms with van der Waals surface area (Å²) in [5.74, 6) is 0. The maximum absolute atomic E-state index is 10.8. The first-order valence-corrected chi connectivity index (χ1v) is 4.79. The minimum Gasteiger partial charge on any atom is -0.276 e. The Morgan fingerprint density at radius 1 is 1.33 bits per heavy atom. The van der Waals surface area contributed by atoms with Gasteiger partial charge >= 0.3 is 0 Å². The molecule has 5 heteroatoms. The van der Waals surface area contributed by atoms with E-state index in [0.29, 0.717) is 9.50 Å².